The number of aryl methyl sites for hydroxylation is 1. The lowest BCUT2D eigenvalue weighted by Crippen LogP contribution is -2.09. The van der Waals surface area contributed by atoms with E-state index in [9.17, 15) is 0 Å². The molecule has 1 N–H and O–H groups in total. The molecule has 2 rings (SSSR count). The summed E-state index contributed by atoms with van der Waals surface area (Å²) in [4.78, 5) is 10.3. The number of rotatable bonds is 5. The molecule has 0 saturated heterocycles. The van der Waals surface area contributed by atoms with Crippen molar-refractivity contribution in [2.45, 2.75) is 33.1 Å². The Kier molecular flexibility index (Phi) is 4.31. The molecular formula is C14H19N3S. The van der Waals surface area contributed by atoms with Gasteiger partial charge < -0.3 is 5.32 Å². The Morgan fingerprint density at radius 2 is 2.17 bits per heavy atom. The molecule has 0 bridgehead atoms. The van der Waals surface area contributed by atoms with Crippen molar-refractivity contribution in [3.8, 4) is 0 Å². The van der Waals surface area contributed by atoms with Crippen molar-refractivity contribution in [2.24, 2.45) is 0 Å². The lowest BCUT2D eigenvalue weighted by Gasteiger charge is -2.09. The monoisotopic (exact) mass is 261 g/mol. The maximum atomic E-state index is 4.53. The number of hydrogen-bond acceptors (Lipinski definition) is 4. The average Bonchev–Trinajstić information content (AvgIpc) is 2.81. The fourth-order valence-corrected chi connectivity index (χ4v) is 2.43. The van der Waals surface area contributed by atoms with Crippen LogP contribution in [0.3, 0.4) is 0 Å². The van der Waals surface area contributed by atoms with Gasteiger partial charge in [0.05, 0.1) is 0 Å². The quantitative estimate of drug-likeness (QED) is 0.893. The largest absolute Gasteiger partial charge is 0.354 e. The molecule has 2 heterocycles. The van der Waals surface area contributed by atoms with Crippen molar-refractivity contribution < 1.29 is 0 Å². The predicted octanol–water partition coefficient (Wildman–Crippen LogP) is 3.62. The number of anilines is 1. The molecule has 4 heteroatoms. The molecule has 0 unspecified atom stereocenters. The van der Waals surface area contributed by atoms with Gasteiger partial charge in [-0.2, -0.15) is 0 Å². The van der Waals surface area contributed by atoms with Gasteiger partial charge in [0.25, 0.3) is 0 Å². The molecule has 0 radical (unpaired) electrons. The van der Waals surface area contributed by atoms with Gasteiger partial charge in [0, 0.05) is 22.8 Å². The summed E-state index contributed by atoms with van der Waals surface area (Å²) < 4.78 is 0. The zero-order chi connectivity index (χ0) is 13.0. The minimum absolute atomic E-state index is 0.435. The molecule has 0 spiro atoms. The van der Waals surface area contributed by atoms with E-state index in [1.54, 1.807) is 11.3 Å². The summed E-state index contributed by atoms with van der Waals surface area (Å²) in [6.07, 6.45) is 1.02. The summed E-state index contributed by atoms with van der Waals surface area (Å²) in [5.41, 5.74) is 2.12. The van der Waals surface area contributed by atoms with Crippen LogP contribution in [-0.4, -0.2) is 16.5 Å². The Balaban J connectivity index is 1.96. The number of nitrogens with zero attached hydrogens (tertiary/aromatic N) is 2. The van der Waals surface area contributed by atoms with Gasteiger partial charge in [0.1, 0.15) is 0 Å². The van der Waals surface area contributed by atoms with Gasteiger partial charge in [-0.3, -0.25) is 0 Å². The van der Waals surface area contributed by atoms with Crippen LogP contribution in [0.1, 0.15) is 36.0 Å². The van der Waals surface area contributed by atoms with Crippen molar-refractivity contribution in [3.63, 3.8) is 0 Å². The molecule has 0 fully saturated rings. The molecule has 2 aromatic rings. The molecule has 2 aromatic heterocycles. The Bertz CT molecular complexity index is 492. The first-order valence-electron chi connectivity index (χ1n) is 6.27. The highest BCUT2D eigenvalue weighted by atomic mass is 32.1. The average molecular weight is 261 g/mol. The molecule has 0 aromatic carbocycles. The number of nitrogens with one attached hydrogen (secondary N) is 1. The van der Waals surface area contributed by atoms with Crippen molar-refractivity contribution in [1.82, 2.24) is 9.97 Å². The maximum Gasteiger partial charge on any atom is 0.223 e. The van der Waals surface area contributed by atoms with Crippen LogP contribution >= 0.6 is 11.3 Å². The van der Waals surface area contributed by atoms with Crippen molar-refractivity contribution in [2.75, 3.05) is 11.9 Å². The molecule has 3 nitrogen and oxygen atoms in total. The molecule has 0 aliphatic heterocycles. The molecule has 18 heavy (non-hydrogen) atoms. The summed E-state index contributed by atoms with van der Waals surface area (Å²) in [5.74, 6) is 1.18. The highest BCUT2D eigenvalue weighted by molar-refractivity contribution is 7.09. The van der Waals surface area contributed by atoms with Gasteiger partial charge in [-0.15, -0.1) is 11.3 Å². The molecule has 0 amide bonds. The lowest BCUT2D eigenvalue weighted by atomic mass is 10.1. The second kappa shape index (κ2) is 5.96. The van der Waals surface area contributed by atoms with E-state index in [4.69, 9.17) is 0 Å². The summed E-state index contributed by atoms with van der Waals surface area (Å²) in [6, 6.07) is 6.29. The zero-order valence-electron chi connectivity index (χ0n) is 11.1. The summed E-state index contributed by atoms with van der Waals surface area (Å²) in [5, 5.41) is 5.41. The van der Waals surface area contributed by atoms with Gasteiger partial charge in [0.2, 0.25) is 5.95 Å². The van der Waals surface area contributed by atoms with E-state index in [1.165, 1.54) is 4.88 Å². The lowest BCUT2D eigenvalue weighted by molar-refractivity contribution is 0.808. The third kappa shape index (κ3) is 3.53. The third-order valence-corrected chi connectivity index (χ3v) is 3.64. The number of aromatic nitrogens is 2. The van der Waals surface area contributed by atoms with Crippen LogP contribution in [0.4, 0.5) is 5.95 Å². The summed E-state index contributed by atoms with van der Waals surface area (Å²) in [7, 11) is 0. The first-order chi connectivity index (χ1) is 8.65. The highest BCUT2D eigenvalue weighted by Gasteiger charge is 2.05. The molecule has 96 valence electrons. The first-order valence-corrected chi connectivity index (χ1v) is 7.15. The van der Waals surface area contributed by atoms with E-state index in [0.29, 0.717) is 5.92 Å². The van der Waals surface area contributed by atoms with Crippen LogP contribution in [0, 0.1) is 6.92 Å². The highest BCUT2D eigenvalue weighted by Crippen LogP contribution is 2.14. The minimum atomic E-state index is 0.435. The summed E-state index contributed by atoms with van der Waals surface area (Å²) >= 11 is 1.79. The van der Waals surface area contributed by atoms with Crippen LogP contribution in [0.2, 0.25) is 0 Å². The van der Waals surface area contributed by atoms with Gasteiger partial charge >= 0.3 is 0 Å². The van der Waals surface area contributed by atoms with E-state index in [0.717, 1.165) is 30.3 Å². The molecule has 0 aliphatic rings. The maximum absolute atomic E-state index is 4.53. The minimum Gasteiger partial charge on any atom is -0.354 e. The van der Waals surface area contributed by atoms with Crippen molar-refractivity contribution in [1.29, 1.82) is 0 Å². The van der Waals surface area contributed by atoms with Crippen LogP contribution in [0.5, 0.6) is 0 Å². The normalized spacial score (nSPS) is 10.9. The Morgan fingerprint density at radius 1 is 1.33 bits per heavy atom. The molecule has 0 atom stereocenters. The van der Waals surface area contributed by atoms with Gasteiger partial charge in [-0.25, -0.2) is 9.97 Å². The fraction of sp³-hybridized carbons (Fsp3) is 0.429. The molecule has 0 saturated carbocycles. The number of hydrogen-bond donors (Lipinski definition) is 1. The zero-order valence-corrected chi connectivity index (χ0v) is 11.9. The molecular weight excluding hydrogens is 242 g/mol. The molecule has 0 aliphatic carbocycles. The second-order valence-electron chi connectivity index (χ2n) is 4.67. The van der Waals surface area contributed by atoms with Crippen LogP contribution < -0.4 is 5.32 Å². The van der Waals surface area contributed by atoms with E-state index in [-0.39, 0.29) is 0 Å². The van der Waals surface area contributed by atoms with Crippen LogP contribution in [0.15, 0.2) is 23.6 Å². The second-order valence-corrected chi connectivity index (χ2v) is 5.70. The van der Waals surface area contributed by atoms with E-state index < -0.39 is 0 Å². The van der Waals surface area contributed by atoms with E-state index in [1.807, 2.05) is 6.92 Å². The van der Waals surface area contributed by atoms with Gasteiger partial charge in [-0.1, -0.05) is 19.9 Å². The van der Waals surface area contributed by atoms with Crippen LogP contribution in [-0.2, 0) is 6.42 Å². The predicted molar refractivity (Wildman–Crippen MR) is 77.4 cm³/mol. The standard InChI is InChI=1S/C14H19N3S/c1-10(2)13-9-11(3)16-14(17-13)15-7-6-12-5-4-8-18-12/h4-5,8-10H,6-7H2,1-3H3,(H,15,16,17). The van der Waals surface area contributed by atoms with E-state index >= 15 is 0 Å². The van der Waals surface area contributed by atoms with Crippen LogP contribution in [0.25, 0.3) is 0 Å². The Hall–Kier alpha value is -1.42. The van der Waals surface area contributed by atoms with Crippen molar-refractivity contribution >= 4 is 17.3 Å². The Morgan fingerprint density at radius 3 is 2.83 bits per heavy atom. The Labute approximate surface area is 112 Å². The smallest absolute Gasteiger partial charge is 0.223 e. The SMILES string of the molecule is Cc1cc(C(C)C)nc(NCCc2cccs2)n1. The number of thiophene rings is 1. The van der Waals surface area contributed by atoms with Gasteiger partial charge in [-0.05, 0) is 36.8 Å². The van der Waals surface area contributed by atoms with E-state index in [2.05, 4.69) is 52.7 Å². The van der Waals surface area contributed by atoms with Crippen molar-refractivity contribution in [3.05, 3.63) is 39.8 Å². The third-order valence-electron chi connectivity index (χ3n) is 2.70. The topological polar surface area (TPSA) is 37.8 Å². The van der Waals surface area contributed by atoms with Gasteiger partial charge in [0.15, 0.2) is 0 Å². The first kappa shape index (κ1) is 13.0. The summed E-state index contributed by atoms with van der Waals surface area (Å²) in [6.45, 7) is 7.19. The fourth-order valence-electron chi connectivity index (χ4n) is 1.72.